The number of benzene rings is 2. The number of hydrogen-bond acceptors (Lipinski definition) is 4. The van der Waals surface area contributed by atoms with Crippen molar-refractivity contribution in [3.8, 4) is 11.5 Å². The van der Waals surface area contributed by atoms with E-state index < -0.39 is 12.0 Å². The predicted octanol–water partition coefficient (Wildman–Crippen LogP) is 2.32. The molecule has 0 bridgehead atoms. The van der Waals surface area contributed by atoms with E-state index in [4.69, 9.17) is 4.74 Å². The maximum Gasteiger partial charge on any atom is 0.325 e. The highest BCUT2D eigenvalue weighted by molar-refractivity contribution is 5.76. The van der Waals surface area contributed by atoms with Gasteiger partial charge in [0.15, 0.2) is 11.5 Å². The standard InChI is InChI=1S/C16H17NO4/c1-21-14-8-7-12(9-13(14)18)15(16(19)20)17-10-11-5-3-2-4-6-11/h2-9,15,17-18H,10H2,1H3,(H,19,20). The van der Waals surface area contributed by atoms with Gasteiger partial charge >= 0.3 is 5.97 Å². The molecule has 0 fully saturated rings. The minimum atomic E-state index is -1.00. The van der Waals surface area contributed by atoms with Gasteiger partial charge in [0.05, 0.1) is 7.11 Å². The summed E-state index contributed by atoms with van der Waals surface area (Å²) in [6.07, 6.45) is 0. The predicted molar refractivity (Wildman–Crippen MR) is 78.3 cm³/mol. The third-order valence-electron chi connectivity index (χ3n) is 3.14. The van der Waals surface area contributed by atoms with Crippen LogP contribution in [0.25, 0.3) is 0 Å². The Balaban J connectivity index is 2.15. The molecule has 1 unspecified atom stereocenters. The summed E-state index contributed by atoms with van der Waals surface area (Å²) in [4.78, 5) is 11.4. The molecule has 5 heteroatoms. The lowest BCUT2D eigenvalue weighted by atomic mass is 10.1. The summed E-state index contributed by atoms with van der Waals surface area (Å²) in [5.74, 6) is -0.774. The Morgan fingerprint density at radius 2 is 1.95 bits per heavy atom. The largest absolute Gasteiger partial charge is 0.504 e. The second-order valence-corrected chi connectivity index (χ2v) is 4.57. The molecular formula is C16H17NO4. The number of carboxylic acid groups (broad SMARTS) is 1. The summed E-state index contributed by atoms with van der Waals surface area (Å²) < 4.78 is 4.95. The number of phenolic OH excluding ortho intramolecular Hbond substituents is 1. The Morgan fingerprint density at radius 1 is 1.24 bits per heavy atom. The van der Waals surface area contributed by atoms with Crippen LogP contribution in [0.5, 0.6) is 11.5 Å². The van der Waals surface area contributed by atoms with Crippen LogP contribution >= 0.6 is 0 Å². The number of carboxylic acids is 1. The average molecular weight is 287 g/mol. The minimum absolute atomic E-state index is 0.0808. The molecule has 3 N–H and O–H groups in total. The van der Waals surface area contributed by atoms with E-state index in [0.29, 0.717) is 17.9 Å². The van der Waals surface area contributed by atoms with Crippen LogP contribution in [-0.2, 0) is 11.3 Å². The van der Waals surface area contributed by atoms with Crippen LogP contribution in [0.2, 0.25) is 0 Å². The van der Waals surface area contributed by atoms with Crippen molar-refractivity contribution in [3.63, 3.8) is 0 Å². The van der Waals surface area contributed by atoms with Crippen molar-refractivity contribution in [2.45, 2.75) is 12.6 Å². The van der Waals surface area contributed by atoms with Crippen LogP contribution in [0.15, 0.2) is 48.5 Å². The van der Waals surface area contributed by atoms with E-state index in [0.717, 1.165) is 5.56 Å². The SMILES string of the molecule is COc1ccc(C(NCc2ccccc2)C(=O)O)cc1O. The van der Waals surface area contributed by atoms with E-state index in [-0.39, 0.29) is 5.75 Å². The van der Waals surface area contributed by atoms with Gasteiger partial charge in [0.1, 0.15) is 6.04 Å². The third-order valence-corrected chi connectivity index (χ3v) is 3.14. The highest BCUT2D eigenvalue weighted by Crippen LogP contribution is 2.29. The first-order valence-corrected chi connectivity index (χ1v) is 6.49. The van der Waals surface area contributed by atoms with Crippen molar-refractivity contribution in [3.05, 3.63) is 59.7 Å². The lowest BCUT2D eigenvalue weighted by Gasteiger charge is -2.16. The van der Waals surface area contributed by atoms with Gasteiger partial charge in [0.2, 0.25) is 0 Å². The fourth-order valence-electron chi connectivity index (χ4n) is 2.05. The lowest BCUT2D eigenvalue weighted by molar-refractivity contribution is -0.139. The summed E-state index contributed by atoms with van der Waals surface area (Å²) in [5.41, 5.74) is 1.46. The number of carbonyl (C=O) groups is 1. The van der Waals surface area contributed by atoms with E-state index in [1.807, 2.05) is 30.3 Å². The summed E-state index contributed by atoms with van der Waals surface area (Å²) in [5, 5.41) is 22.1. The Hall–Kier alpha value is -2.53. The monoisotopic (exact) mass is 287 g/mol. The van der Waals surface area contributed by atoms with Gasteiger partial charge in [-0.3, -0.25) is 10.1 Å². The fourth-order valence-corrected chi connectivity index (χ4v) is 2.05. The number of hydrogen-bond donors (Lipinski definition) is 3. The summed E-state index contributed by atoms with van der Waals surface area (Å²) in [7, 11) is 1.44. The number of aromatic hydroxyl groups is 1. The summed E-state index contributed by atoms with van der Waals surface area (Å²) >= 11 is 0. The molecule has 0 saturated carbocycles. The van der Waals surface area contributed by atoms with Crippen LogP contribution in [0.1, 0.15) is 17.2 Å². The molecule has 2 aromatic rings. The Morgan fingerprint density at radius 3 is 2.52 bits per heavy atom. The van der Waals surface area contributed by atoms with Gasteiger partial charge in [-0.05, 0) is 23.3 Å². The summed E-state index contributed by atoms with van der Waals surface area (Å²) in [6, 6.07) is 13.2. The number of phenols is 1. The molecule has 2 rings (SSSR count). The molecule has 0 aliphatic carbocycles. The third kappa shape index (κ3) is 3.73. The number of aliphatic carboxylic acids is 1. The number of rotatable bonds is 6. The summed E-state index contributed by atoms with van der Waals surface area (Å²) in [6.45, 7) is 0.421. The molecule has 110 valence electrons. The molecule has 0 aliphatic heterocycles. The van der Waals surface area contributed by atoms with Gasteiger partial charge < -0.3 is 14.9 Å². The van der Waals surface area contributed by atoms with Gasteiger partial charge in [0, 0.05) is 6.54 Å². The Labute approximate surface area is 122 Å². The normalized spacial score (nSPS) is 11.9. The second-order valence-electron chi connectivity index (χ2n) is 4.57. The first kappa shape index (κ1) is 14.9. The van der Waals surface area contributed by atoms with Gasteiger partial charge in [-0.2, -0.15) is 0 Å². The van der Waals surface area contributed by atoms with Crippen LogP contribution in [-0.4, -0.2) is 23.3 Å². The van der Waals surface area contributed by atoms with Gasteiger partial charge in [-0.15, -0.1) is 0 Å². The van der Waals surface area contributed by atoms with Crippen LogP contribution in [0.3, 0.4) is 0 Å². The van der Waals surface area contributed by atoms with Gasteiger partial charge in [-0.25, -0.2) is 0 Å². The molecular weight excluding hydrogens is 270 g/mol. The molecule has 0 saturated heterocycles. The average Bonchev–Trinajstić information content (AvgIpc) is 2.48. The molecule has 0 aromatic heterocycles. The van der Waals surface area contributed by atoms with E-state index >= 15 is 0 Å². The van der Waals surface area contributed by atoms with E-state index in [1.54, 1.807) is 12.1 Å². The van der Waals surface area contributed by atoms with E-state index in [2.05, 4.69) is 5.32 Å². The van der Waals surface area contributed by atoms with E-state index in [1.165, 1.54) is 13.2 Å². The zero-order valence-electron chi connectivity index (χ0n) is 11.6. The van der Waals surface area contributed by atoms with Crippen molar-refractivity contribution in [2.75, 3.05) is 7.11 Å². The van der Waals surface area contributed by atoms with Crippen LogP contribution < -0.4 is 10.1 Å². The maximum absolute atomic E-state index is 11.4. The van der Waals surface area contributed by atoms with Crippen molar-refractivity contribution >= 4 is 5.97 Å². The number of nitrogens with one attached hydrogen (secondary N) is 1. The maximum atomic E-state index is 11.4. The molecule has 0 heterocycles. The molecule has 0 amide bonds. The van der Waals surface area contributed by atoms with Crippen LogP contribution in [0.4, 0.5) is 0 Å². The molecule has 0 radical (unpaired) electrons. The minimum Gasteiger partial charge on any atom is -0.504 e. The zero-order valence-corrected chi connectivity index (χ0v) is 11.6. The fraction of sp³-hybridized carbons (Fsp3) is 0.188. The molecule has 0 aliphatic rings. The van der Waals surface area contributed by atoms with Crippen molar-refractivity contribution in [1.29, 1.82) is 0 Å². The lowest BCUT2D eigenvalue weighted by Crippen LogP contribution is -2.28. The first-order valence-electron chi connectivity index (χ1n) is 6.49. The van der Waals surface area contributed by atoms with Crippen LogP contribution in [0, 0.1) is 0 Å². The Bertz CT molecular complexity index is 613. The van der Waals surface area contributed by atoms with Gasteiger partial charge in [0.25, 0.3) is 0 Å². The second kappa shape index (κ2) is 6.76. The number of methoxy groups -OCH3 is 1. The van der Waals surface area contributed by atoms with Crippen molar-refractivity contribution in [2.24, 2.45) is 0 Å². The zero-order chi connectivity index (χ0) is 15.2. The topological polar surface area (TPSA) is 78.8 Å². The Kier molecular flexibility index (Phi) is 4.79. The molecule has 2 aromatic carbocycles. The highest BCUT2D eigenvalue weighted by Gasteiger charge is 2.20. The van der Waals surface area contributed by atoms with E-state index in [9.17, 15) is 15.0 Å². The smallest absolute Gasteiger partial charge is 0.325 e. The highest BCUT2D eigenvalue weighted by atomic mass is 16.5. The van der Waals surface area contributed by atoms with Crippen molar-refractivity contribution < 1.29 is 19.7 Å². The quantitative estimate of drug-likeness (QED) is 0.760. The van der Waals surface area contributed by atoms with Gasteiger partial charge in [-0.1, -0.05) is 36.4 Å². The number of ether oxygens (including phenoxy) is 1. The molecule has 21 heavy (non-hydrogen) atoms. The molecule has 5 nitrogen and oxygen atoms in total. The van der Waals surface area contributed by atoms with Crippen molar-refractivity contribution in [1.82, 2.24) is 5.32 Å². The molecule has 0 spiro atoms. The molecule has 1 atom stereocenters. The first-order chi connectivity index (χ1) is 10.1.